The van der Waals surface area contributed by atoms with Gasteiger partial charge < -0.3 is 9.64 Å². The van der Waals surface area contributed by atoms with Crippen LogP contribution in [-0.2, 0) is 4.74 Å². The average molecular weight is 210 g/mol. The van der Waals surface area contributed by atoms with Crippen molar-refractivity contribution in [2.24, 2.45) is 5.92 Å². The van der Waals surface area contributed by atoms with Gasteiger partial charge in [-0.25, -0.2) is 4.79 Å². The molecule has 0 N–H and O–H groups in total. The zero-order valence-electron chi connectivity index (χ0n) is 9.62. The van der Waals surface area contributed by atoms with Crippen LogP contribution in [0.15, 0.2) is 0 Å². The molecule has 0 aromatic heterocycles. The molecule has 0 aromatic rings. The second-order valence-corrected chi connectivity index (χ2v) is 4.94. The van der Waals surface area contributed by atoms with Gasteiger partial charge in [0, 0.05) is 19.5 Å². The fourth-order valence-electron chi connectivity index (χ4n) is 1.62. The minimum atomic E-state index is -0.440. The van der Waals surface area contributed by atoms with E-state index in [0.717, 1.165) is 6.42 Å². The monoisotopic (exact) mass is 210 g/mol. The van der Waals surface area contributed by atoms with Crippen LogP contribution in [0.3, 0.4) is 0 Å². The summed E-state index contributed by atoms with van der Waals surface area (Å²) >= 11 is 0. The Morgan fingerprint density at radius 1 is 1.60 bits per heavy atom. The highest BCUT2D eigenvalue weighted by Gasteiger charge is 2.29. The van der Waals surface area contributed by atoms with E-state index in [-0.39, 0.29) is 6.09 Å². The third-order valence-electron chi connectivity index (χ3n) is 2.32. The van der Waals surface area contributed by atoms with E-state index in [0.29, 0.717) is 25.4 Å². The van der Waals surface area contributed by atoms with Crippen LogP contribution < -0.4 is 0 Å². The van der Waals surface area contributed by atoms with E-state index in [1.165, 1.54) is 0 Å². The number of likely N-dealkylation sites (tertiary alicyclic amines) is 1. The normalized spacial score (nSPS) is 21.2. The van der Waals surface area contributed by atoms with Gasteiger partial charge in [0.2, 0.25) is 0 Å². The minimum absolute atomic E-state index is 0.261. The SMILES string of the molecule is CC(C)(C)OC(=O)N1CC[C@H](CC#N)C1. The Balaban J connectivity index is 2.41. The Kier molecular flexibility index (Phi) is 3.57. The van der Waals surface area contributed by atoms with Gasteiger partial charge in [-0.3, -0.25) is 0 Å². The molecule has 0 aliphatic carbocycles. The summed E-state index contributed by atoms with van der Waals surface area (Å²) in [5.41, 5.74) is -0.440. The summed E-state index contributed by atoms with van der Waals surface area (Å²) in [6.07, 6.45) is 1.18. The second-order valence-electron chi connectivity index (χ2n) is 4.94. The van der Waals surface area contributed by atoms with Crippen molar-refractivity contribution in [1.29, 1.82) is 5.26 Å². The van der Waals surface area contributed by atoms with E-state index in [1.54, 1.807) is 4.90 Å². The van der Waals surface area contributed by atoms with Gasteiger partial charge in [-0.2, -0.15) is 5.26 Å². The highest BCUT2D eigenvalue weighted by Crippen LogP contribution is 2.21. The molecule has 0 aromatic carbocycles. The fourth-order valence-corrected chi connectivity index (χ4v) is 1.62. The average Bonchev–Trinajstić information content (AvgIpc) is 2.50. The van der Waals surface area contributed by atoms with E-state index < -0.39 is 5.60 Å². The fraction of sp³-hybridized carbons (Fsp3) is 0.818. The van der Waals surface area contributed by atoms with Gasteiger partial charge in [-0.05, 0) is 33.1 Å². The number of nitriles is 1. The molecule has 0 saturated carbocycles. The van der Waals surface area contributed by atoms with Crippen molar-refractivity contribution in [2.75, 3.05) is 13.1 Å². The number of amides is 1. The van der Waals surface area contributed by atoms with E-state index in [1.807, 2.05) is 20.8 Å². The molecule has 1 atom stereocenters. The van der Waals surface area contributed by atoms with Gasteiger partial charge >= 0.3 is 6.09 Å². The Morgan fingerprint density at radius 2 is 2.27 bits per heavy atom. The van der Waals surface area contributed by atoms with Crippen LogP contribution in [0.2, 0.25) is 0 Å². The summed E-state index contributed by atoms with van der Waals surface area (Å²) in [6.45, 7) is 6.93. The molecule has 0 unspecified atom stereocenters. The molecule has 1 heterocycles. The smallest absolute Gasteiger partial charge is 0.410 e. The van der Waals surface area contributed by atoms with Gasteiger partial charge in [-0.15, -0.1) is 0 Å². The number of nitrogens with zero attached hydrogens (tertiary/aromatic N) is 2. The maximum absolute atomic E-state index is 11.6. The number of hydrogen-bond acceptors (Lipinski definition) is 3. The Morgan fingerprint density at radius 3 is 2.80 bits per heavy atom. The maximum atomic E-state index is 11.6. The minimum Gasteiger partial charge on any atom is -0.444 e. The van der Waals surface area contributed by atoms with Gasteiger partial charge in [0.15, 0.2) is 0 Å². The van der Waals surface area contributed by atoms with Gasteiger partial charge in [-0.1, -0.05) is 0 Å². The number of ether oxygens (including phenoxy) is 1. The maximum Gasteiger partial charge on any atom is 0.410 e. The van der Waals surface area contributed by atoms with Crippen LogP contribution in [0.1, 0.15) is 33.6 Å². The predicted octanol–water partition coefficient (Wildman–Crippen LogP) is 2.16. The Bertz CT molecular complexity index is 275. The molecule has 0 radical (unpaired) electrons. The highest BCUT2D eigenvalue weighted by molar-refractivity contribution is 5.68. The lowest BCUT2D eigenvalue weighted by atomic mass is 10.1. The molecule has 4 heteroatoms. The molecule has 0 bridgehead atoms. The standard InChI is InChI=1S/C11H18N2O2/c1-11(2,3)15-10(14)13-7-5-9(8-13)4-6-12/h9H,4-5,7-8H2,1-3H3/t9-/m0/s1. The summed E-state index contributed by atoms with van der Waals surface area (Å²) in [5, 5.41) is 8.55. The van der Waals surface area contributed by atoms with E-state index in [9.17, 15) is 4.79 Å². The zero-order chi connectivity index (χ0) is 11.5. The quantitative estimate of drug-likeness (QED) is 0.666. The summed E-state index contributed by atoms with van der Waals surface area (Å²) in [4.78, 5) is 13.3. The topological polar surface area (TPSA) is 53.3 Å². The van der Waals surface area contributed by atoms with E-state index in [4.69, 9.17) is 10.00 Å². The third kappa shape index (κ3) is 3.78. The van der Waals surface area contributed by atoms with Crippen LogP contribution in [-0.4, -0.2) is 29.7 Å². The molecular weight excluding hydrogens is 192 g/mol. The van der Waals surface area contributed by atoms with Crippen molar-refractivity contribution in [3.05, 3.63) is 0 Å². The summed E-state index contributed by atoms with van der Waals surface area (Å²) in [6, 6.07) is 2.14. The van der Waals surface area contributed by atoms with Gasteiger partial charge in [0.05, 0.1) is 6.07 Å². The molecular formula is C11H18N2O2. The largest absolute Gasteiger partial charge is 0.444 e. The van der Waals surface area contributed by atoms with Crippen LogP contribution in [0.4, 0.5) is 4.79 Å². The second kappa shape index (κ2) is 4.52. The van der Waals surface area contributed by atoms with Crippen molar-refractivity contribution in [2.45, 2.75) is 39.2 Å². The molecule has 1 aliphatic rings. The number of carbonyl (C=O) groups excluding carboxylic acids is 1. The van der Waals surface area contributed by atoms with E-state index >= 15 is 0 Å². The predicted molar refractivity (Wildman–Crippen MR) is 56.1 cm³/mol. The van der Waals surface area contributed by atoms with Crippen molar-refractivity contribution < 1.29 is 9.53 Å². The van der Waals surface area contributed by atoms with Crippen molar-refractivity contribution in [3.63, 3.8) is 0 Å². The van der Waals surface area contributed by atoms with Crippen LogP contribution in [0, 0.1) is 17.2 Å². The van der Waals surface area contributed by atoms with E-state index in [2.05, 4.69) is 6.07 Å². The van der Waals surface area contributed by atoms with Crippen molar-refractivity contribution >= 4 is 6.09 Å². The molecule has 1 aliphatic heterocycles. The van der Waals surface area contributed by atoms with Crippen LogP contribution >= 0.6 is 0 Å². The lowest BCUT2D eigenvalue weighted by Crippen LogP contribution is -2.35. The number of rotatable bonds is 1. The van der Waals surface area contributed by atoms with Crippen molar-refractivity contribution in [3.8, 4) is 6.07 Å². The van der Waals surface area contributed by atoms with Gasteiger partial charge in [0.1, 0.15) is 5.60 Å². The molecule has 15 heavy (non-hydrogen) atoms. The molecule has 1 rings (SSSR count). The molecule has 0 spiro atoms. The Hall–Kier alpha value is -1.24. The van der Waals surface area contributed by atoms with Crippen LogP contribution in [0.5, 0.6) is 0 Å². The lowest BCUT2D eigenvalue weighted by molar-refractivity contribution is 0.0288. The molecule has 1 saturated heterocycles. The van der Waals surface area contributed by atoms with Crippen molar-refractivity contribution in [1.82, 2.24) is 4.90 Å². The molecule has 1 amide bonds. The first-order valence-corrected chi connectivity index (χ1v) is 5.27. The first kappa shape index (κ1) is 11.8. The number of hydrogen-bond donors (Lipinski definition) is 0. The summed E-state index contributed by atoms with van der Waals surface area (Å²) in [5.74, 6) is 0.322. The Labute approximate surface area is 90.8 Å². The van der Waals surface area contributed by atoms with Gasteiger partial charge in [0.25, 0.3) is 0 Å². The van der Waals surface area contributed by atoms with Crippen LogP contribution in [0.25, 0.3) is 0 Å². The zero-order valence-corrected chi connectivity index (χ0v) is 9.62. The first-order chi connectivity index (χ1) is 6.92. The molecule has 4 nitrogen and oxygen atoms in total. The summed E-state index contributed by atoms with van der Waals surface area (Å²) < 4.78 is 5.25. The highest BCUT2D eigenvalue weighted by atomic mass is 16.6. The molecule has 84 valence electrons. The molecule has 1 fully saturated rings. The third-order valence-corrected chi connectivity index (χ3v) is 2.32. The number of carbonyl (C=O) groups is 1. The lowest BCUT2D eigenvalue weighted by Gasteiger charge is -2.24. The first-order valence-electron chi connectivity index (χ1n) is 5.27. The summed E-state index contributed by atoms with van der Waals surface area (Å²) in [7, 11) is 0.